The standard InChI is InChI=1S/C20H35ClFNO3SSi/c1-13(23-27(25)19(2,3)4)18(26-28(8,9)20(5,6)7)17(24)14-10-15(21)12-16(22)11-14/h10-13,17-18,23-24H,1-9H3/t13-,17?,18-,27?/m0/s1. The maximum absolute atomic E-state index is 13.9. The molecule has 4 nitrogen and oxygen atoms in total. The topological polar surface area (TPSA) is 64.5 Å². The van der Waals surface area contributed by atoms with Crippen LogP contribution in [-0.4, -0.2) is 34.9 Å². The Balaban J connectivity index is 3.26. The van der Waals surface area contributed by atoms with Gasteiger partial charge in [0.1, 0.15) is 16.7 Å². The lowest BCUT2D eigenvalue weighted by Crippen LogP contribution is -2.54. The fourth-order valence-electron chi connectivity index (χ4n) is 2.31. The second kappa shape index (κ2) is 9.33. The summed E-state index contributed by atoms with van der Waals surface area (Å²) in [4.78, 5) is 0. The lowest BCUT2D eigenvalue weighted by Gasteiger charge is -2.42. The van der Waals surface area contributed by atoms with Crippen molar-refractivity contribution in [2.24, 2.45) is 0 Å². The lowest BCUT2D eigenvalue weighted by atomic mass is 10.00. The Morgan fingerprint density at radius 2 is 1.71 bits per heavy atom. The summed E-state index contributed by atoms with van der Waals surface area (Å²) < 4.78 is 35.5. The summed E-state index contributed by atoms with van der Waals surface area (Å²) in [6.45, 7) is 17.9. The summed E-state index contributed by atoms with van der Waals surface area (Å²) >= 11 is 4.64. The summed E-state index contributed by atoms with van der Waals surface area (Å²) in [5.74, 6) is -0.522. The summed E-state index contributed by atoms with van der Waals surface area (Å²) in [6, 6.07) is 3.54. The maximum atomic E-state index is 13.9. The van der Waals surface area contributed by atoms with Gasteiger partial charge in [0, 0.05) is 16.4 Å². The zero-order valence-corrected chi connectivity index (χ0v) is 21.0. The maximum Gasteiger partial charge on any atom is 0.192 e. The Morgan fingerprint density at radius 3 is 2.14 bits per heavy atom. The number of aliphatic hydroxyl groups is 1. The number of nitrogens with one attached hydrogen (secondary N) is 1. The molecule has 0 bridgehead atoms. The Labute approximate surface area is 178 Å². The highest BCUT2D eigenvalue weighted by Gasteiger charge is 2.43. The average Bonchev–Trinajstić information content (AvgIpc) is 2.48. The van der Waals surface area contributed by atoms with Crippen LogP contribution in [0, 0.1) is 5.82 Å². The summed E-state index contributed by atoms with van der Waals surface area (Å²) in [7, 11) is -2.28. The van der Waals surface area contributed by atoms with Crippen LogP contribution in [-0.2, 0) is 15.8 Å². The lowest BCUT2D eigenvalue weighted by molar-refractivity contribution is 0.0110. The average molecular weight is 452 g/mol. The van der Waals surface area contributed by atoms with E-state index in [-0.39, 0.29) is 10.1 Å². The molecule has 1 aromatic rings. The molecule has 0 aliphatic carbocycles. The van der Waals surface area contributed by atoms with Gasteiger partial charge in [0.15, 0.2) is 8.32 Å². The van der Waals surface area contributed by atoms with Crippen molar-refractivity contribution in [2.45, 2.75) is 89.6 Å². The molecule has 0 aromatic heterocycles. The smallest absolute Gasteiger partial charge is 0.192 e. The molecule has 0 saturated carbocycles. The van der Waals surface area contributed by atoms with E-state index in [0.29, 0.717) is 5.56 Å². The molecule has 28 heavy (non-hydrogen) atoms. The SMILES string of the molecule is C[C@H](N[S+]([O-])C(C)(C)C)[C@H](O[Si](C)(C)C(C)(C)C)C(O)c1cc(F)cc(Cl)c1. The van der Waals surface area contributed by atoms with Crippen molar-refractivity contribution in [1.82, 2.24) is 4.72 Å². The van der Waals surface area contributed by atoms with Crippen LogP contribution in [0.5, 0.6) is 0 Å². The van der Waals surface area contributed by atoms with Gasteiger partial charge in [0.25, 0.3) is 0 Å². The van der Waals surface area contributed by atoms with E-state index in [1.807, 2.05) is 27.7 Å². The molecule has 0 aliphatic heterocycles. The molecule has 1 rings (SSSR count). The van der Waals surface area contributed by atoms with Crippen LogP contribution in [0.15, 0.2) is 18.2 Å². The molecule has 0 fully saturated rings. The normalized spacial score (nSPS) is 17.9. The zero-order valence-electron chi connectivity index (χ0n) is 18.4. The molecule has 0 heterocycles. The first-order valence-electron chi connectivity index (χ1n) is 9.45. The van der Waals surface area contributed by atoms with E-state index in [0.717, 1.165) is 0 Å². The molecule has 8 heteroatoms. The van der Waals surface area contributed by atoms with E-state index in [9.17, 15) is 14.0 Å². The van der Waals surface area contributed by atoms with Gasteiger partial charge in [-0.2, -0.15) is 0 Å². The second-order valence-corrected chi connectivity index (χ2v) is 17.0. The van der Waals surface area contributed by atoms with Gasteiger partial charge >= 0.3 is 0 Å². The Hall–Kier alpha value is -0.153. The summed E-state index contributed by atoms with van der Waals surface area (Å²) in [5.41, 5.74) is 0.337. The van der Waals surface area contributed by atoms with Gasteiger partial charge in [0.2, 0.25) is 0 Å². The highest BCUT2D eigenvalue weighted by atomic mass is 35.5. The van der Waals surface area contributed by atoms with Crippen molar-refractivity contribution in [3.05, 3.63) is 34.6 Å². The van der Waals surface area contributed by atoms with E-state index in [4.69, 9.17) is 16.0 Å². The quantitative estimate of drug-likeness (QED) is 0.433. The molecular formula is C20H35ClFNO3SSi. The van der Waals surface area contributed by atoms with Crippen LogP contribution in [0.2, 0.25) is 23.2 Å². The molecular weight excluding hydrogens is 417 g/mol. The minimum Gasteiger partial charge on any atom is -0.598 e. The molecule has 0 saturated heterocycles. The number of hydrogen-bond donors (Lipinski definition) is 2. The third kappa shape index (κ3) is 6.97. The monoisotopic (exact) mass is 451 g/mol. The number of hydrogen-bond acceptors (Lipinski definition) is 4. The molecule has 1 aromatic carbocycles. The van der Waals surface area contributed by atoms with Crippen LogP contribution in [0.1, 0.15) is 60.1 Å². The van der Waals surface area contributed by atoms with Crippen LogP contribution in [0.4, 0.5) is 4.39 Å². The Morgan fingerprint density at radius 1 is 1.18 bits per heavy atom. The minimum absolute atomic E-state index is 0.0898. The molecule has 2 unspecified atom stereocenters. The van der Waals surface area contributed by atoms with Crippen molar-refractivity contribution >= 4 is 31.3 Å². The third-order valence-corrected chi connectivity index (χ3v) is 11.5. The Bertz CT molecular complexity index is 644. The van der Waals surface area contributed by atoms with Gasteiger partial charge in [-0.15, -0.1) is 4.72 Å². The van der Waals surface area contributed by atoms with Crippen LogP contribution in [0.25, 0.3) is 0 Å². The fraction of sp³-hybridized carbons (Fsp3) is 0.700. The molecule has 0 spiro atoms. The van der Waals surface area contributed by atoms with E-state index >= 15 is 0 Å². The zero-order chi connectivity index (χ0) is 22.1. The number of benzene rings is 1. The van der Waals surface area contributed by atoms with Crippen molar-refractivity contribution in [3.8, 4) is 0 Å². The number of aliphatic hydroxyl groups excluding tert-OH is 1. The molecule has 0 amide bonds. The van der Waals surface area contributed by atoms with Crippen molar-refractivity contribution in [1.29, 1.82) is 0 Å². The summed E-state index contributed by atoms with van der Waals surface area (Å²) in [6.07, 6.45) is -1.84. The molecule has 2 N–H and O–H groups in total. The highest BCUT2D eigenvalue weighted by molar-refractivity contribution is 7.90. The van der Waals surface area contributed by atoms with Crippen molar-refractivity contribution < 1.29 is 18.5 Å². The van der Waals surface area contributed by atoms with Crippen LogP contribution in [0.3, 0.4) is 0 Å². The van der Waals surface area contributed by atoms with Gasteiger partial charge in [-0.3, -0.25) is 0 Å². The molecule has 4 atom stereocenters. The predicted octanol–water partition coefficient (Wildman–Crippen LogP) is 5.34. The predicted molar refractivity (Wildman–Crippen MR) is 119 cm³/mol. The fourth-order valence-corrected chi connectivity index (χ4v) is 4.73. The number of halogens is 2. The summed E-state index contributed by atoms with van der Waals surface area (Å²) in [5, 5.41) is 11.2. The van der Waals surface area contributed by atoms with E-state index in [2.05, 4.69) is 38.6 Å². The van der Waals surface area contributed by atoms with Crippen molar-refractivity contribution in [3.63, 3.8) is 0 Å². The first-order valence-corrected chi connectivity index (χ1v) is 13.9. The second-order valence-electron chi connectivity index (χ2n) is 9.78. The first kappa shape index (κ1) is 25.9. The van der Waals surface area contributed by atoms with Gasteiger partial charge in [-0.05, 0) is 69.6 Å². The van der Waals surface area contributed by atoms with E-state index in [1.165, 1.54) is 18.2 Å². The largest absolute Gasteiger partial charge is 0.598 e. The number of rotatable bonds is 7. The van der Waals surface area contributed by atoms with Gasteiger partial charge < -0.3 is 14.1 Å². The molecule has 0 radical (unpaired) electrons. The molecule has 162 valence electrons. The van der Waals surface area contributed by atoms with E-state index < -0.39 is 48.5 Å². The highest BCUT2D eigenvalue weighted by Crippen LogP contribution is 2.39. The minimum atomic E-state index is -2.28. The van der Waals surface area contributed by atoms with Gasteiger partial charge in [0.05, 0.1) is 12.1 Å². The van der Waals surface area contributed by atoms with Crippen LogP contribution >= 0.6 is 11.6 Å². The van der Waals surface area contributed by atoms with Gasteiger partial charge in [-0.1, -0.05) is 32.4 Å². The Kier molecular flexibility index (Phi) is 8.62. The molecule has 0 aliphatic rings. The third-order valence-electron chi connectivity index (χ3n) is 5.12. The first-order chi connectivity index (χ1) is 12.5. The van der Waals surface area contributed by atoms with Crippen LogP contribution < -0.4 is 4.72 Å². The van der Waals surface area contributed by atoms with Crippen molar-refractivity contribution in [2.75, 3.05) is 0 Å². The van der Waals surface area contributed by atoms with E-state index in [1.54, 1.807) is 0 Å². The van der Waals surface area contributed by atoms with Gasteiger partial charge in [-0.25, -0.2) is 4.39 Å².